The number of Topliss-reactive ketones (excluding diaryl/α,β-unsaturated/α-hetero) is 1. The van der Waals surface area contributed by atoms with E-state index in [1.807, 2.05) is 54.6 Å². The standard InChI is InChI=1S/C23H27NO3/c1-22(2,3)20-13-14-23(20,27-21(24)26)18-11-9-17(10-12-18)19(25)15-16-7-5-4-6-8-16/h4-12,20H,13-15H2,1-3H3,(H2,24,26). The number of carbonyl (C=O) groups is 2. The third-order valence-electron chi connectivity index (χ3n) is 5.60. The van der Waals surface area contributed by atoms with Crippen LogP contribution < -0.4 is 5.73 Å². The number of nitrogens with two attached hydrogens (primary N) is 1. The van der Waals surface area contributed by atoms with Crippen molar-refractivity contribution in [3.63, 3.8) is 0 Å². The number of hydrogen-bond donors (Lipinski definition) is 1. The molecule has 4 heteroatoms. The average Bonchev–Trinajstić information content (AvgIpc) is 2.58. The van der Waals surface area contributed by atoms with Crippen molar-refractivity contribution in [2.45, 2.75) is 45.6 Å². The number of amides is 1. The Morgan fingerprint density at radius 1 is 1.07 bits per heavy atom. The van der Waals surface area contributed by atoms with Crippen molar-refractivity contribution in [1.82, 2.24) is 0 Å². The lowest BCUT2D eigenvalue weighted by Crippen LogP contribution is -2.53. The van der Waals surface area contributed by atoms with Gasteiger partial charge in [0.05, 0.1) is 0 Å². The summed E-state index contributed by atoms with van der Waals surface area (Å²) in [4.78, 5) is 24.1. The van der Waals surface area contributed by atoms with E-state index >= 15 is 0 Å². The molecule has 2 N–H and O–H groups in total. The summed E-state index contributed by atoms with van der Waals surface area (Å²) in [6.07, 6.45) is 1.34. The molecule has 1 amide bonds. The Balaban J connectivity index is 1.84. The van der Waals surface area contributed by atoms with Crippen molar-refractivity contribution in [2.24, 2.45) is 17.1 Å². The maximum absolute atomic E-state index is 12.6. The second-order valence-electron chi connectivity index (χ2n) is 8.43. The molecule has 1 aliphatic carbocycles. The van der Waals surface area contributed by atoms with E-state index in [0.717, 1.165) is 24.0 Å². The van der Waals surface area contributed by atoms with Crippen LogP contribution in [0.1, 0.15) is 55.1 Å². The molecule has 0 bridgehead atoms. The largest absolute Gasteiger partial charge is 0.438 e. The van der Waals surface area contributed by atoms with E-state index in [0.29, 0.717) is 12.0 Å². The molecule has 0 spiro atoms. The second-order valence-corrected chi connectivity index (χ2v) is 8.43. The first-order valence-electron chi connectivity index (χ1n) is 9.38. The molecule has 27 heavy (non-hydrogen) atoms. The van der Waals surface area contributed by atoms with E-state index in [4.69, 9.17) is 10.5 Å². The highest BCUT2D eigenvalue weighted by Crippen LogP contribution is 2.56. The molecule has 1 aliphatic rings. The third-order valence-corrected chi connectivity index (χ3v) is 5.60. The van der Waals surface area contributed by atoms with Gasteiger partial charge >= 0.3 is 6.09 Å². The zero-order valence-corrected chi connectivity index (χ0v) is 16.2. The van der Waals surface area contributed by atoms with E-state index in [-0.39, 0.29) is 17.1 Å². The third kappa shape index (κ3) is 3.90. The Kier molecular flexibility index (Phi) is 5.09. The molecule has 0 saturated heterocycles. The van der Waals surface area contributed by atoms with Crippen molar-refractivity contribution in [2.75, 3.05) is 0 Å². The highest BCUT2D eigenvalue weighted by molar-refractivity contribution is 5.97. The quantitative estimate of drug-likeness (QED) is 0.769. The van der Waals surface area contributed by atoms with Crippen LogP contribution in [0, 0.1) is 11.3 Å². The minimum absolute atomic E-state index is 0.0184. The number of primary amides is 1. The minimum atomic E-state index is -0.756. The molecule has 3 rings (SSSR count). The van der Waals surface area contributed by atoms with E-state index in [9.17, 15) is 9.59 Å². The summed E-state index contributed by atoms with van der Waals surface area (Å²) >= 11 is 0. The molecule has 2 aromatic carbocycles. The second kappa shape index (κ2) is 7.18. The zero-order chi connectivity index (χ0) is 19.7. The zero-order valence-electron chi connectivity index (χ0n) is 16.2. The van der Waals surface area contributed by atoms with Crippen LogP contribution in [0.5, 0.6) is 0 Å². The molecule has 0 aliphatic heterocycles. The Labute approximate surface area is 160 Å². The van der Waals surface area contributed by atoms with Gasteiger partial charge in [0.2, 0.25) is 0 Å². The minimum Gasteiger partial charge on any atom is -0.438 e. The van der Waals surface area contributed by atoms with Crippen LogP contribution in [0.25, 0.3) is 0 Å². The van der Waals surface area contributed by atoms with Gasteiger partial charge in [-0.15, -0.1) is 0 Å². The summed E-state index contributed by atoms with van der Waals surface area (Å²) in [5.41, 5.74) is 7.21. The fourth-order valence-electron chi connectivity index (χ4n) is 4.21. The molecule has 2 unspecified atom stereocenters. The maximum Gasteiger partial charge on any atom is 0.405 e. The first-order valence-corrected chi connectivity index (χ1v) is 9.38. The van der Waals surface area contributed by atoms with Crippen molar-refractivity contribution in [3.8, 4) is 0 Å². The number of hydrogen-bond acceptors (Lipinski definition) is 3. The molecule has 1 fully saturated rings. The molecule has 0 radical (unpaired) electrons. The summed E-state index contributed by atoms with van der Waals surface area (Å²) in [6, 6.07) is 17.1. The normalized spacial score (nSPS) is 22.0. The van der Waals surface area contributed by atoms with Gasteiger partial charge < -0.3 is 10.5 Å². The first-order chi connectivity index (χ1) is 12.7. The molecular formula is C23H27NO3. The van der Waals surface area contributed by atoms with Crippen LogP contribution in [0.2, 0.25) is 0 Å². The smallest absolute Gasteiger partial charge is 0.405 e. The number of rotatable bonds is 5. The van der Waals surface area contributed by atoms with Gasteiger partial charge in [0.25, 0.3) is 0 Å². The molecule has 4 nitrogen and oxygen atoms in total. The lowest BCUT2D eigenvalue weighted by atomic mass is 9.56. The Morgan fingerprint density at radius 3 is 2.19 bits per heavy atom. The van der Waals surface area contributed by atoms with Crippen LogP contribution in [-0.2, 0) is 16.8 Å². The van der Waals surface area contributed by atoms with Crippen LogP contribution >= 0.6 is 0 Å². The summed E-state index contributed by atoms with van der Waals surface area (Å²) in [5.74, 6) is 0.252. The fourth-order valence-corrected chi connectivity index (χ4v) is 4.21. The van der Waals surface area contributed by atoms with Gasteiger partial charge in [-0.05, 0) is 29.4 Å². The monoisotopic (exact) mass is 365 g/mol. The molecule has 0 aromatic heterocycles. The predicted molar refractivity (Wildman–Crippen MR) is 105 cm³/mol. The lowest BCUT2D eigenvalue weighted by molar-refractivity contribution is -0.144. The van der Waals surface area contributed by atoms with E-state index < -0.39 is 11.7 Å². The van der Waals surface area contributed by atoms with Crippen LogP contribution in [-0.4, -0.2) is 11.9 Å². The molecule has 1 saturated carbocycles. The Hall–Kier alpha value is -2.62. The van der Waals surface area contributed by atoms with E-state index in [1.54, 1.807) is 0 Å². The molecule has 142 valence electrons. The predicted octanol–water partition coefficient (Wildman–Crippen LogP) is 4.86. The van der Waals surface area contributed by atoms with E-state index in [2.05, 4.69) is 20.8 Å². The lowest BCUT2D eigenvalue weighted by Gasteiger charge is -2.54. The van der Waals surface area contributed by atoms with Gasteiger partial charge in [-0.3, -0.25) is 4.79 Å². The van der Waals surface area contributed by atoms with Crippen molar-refractivity contribution in [3.05, 3.63) is 71.3 Å². The summed E-state index contributed by atoms with van der Waals surface area (Å²) in [6.45, 7) is 6.44. The van der Waals surface area contributed by atoms with Crippen LogP contribution in [0.15, 0.2) is 54.6 Å². The van der Waals surface area contributed by atoms with Gasteiger partial charge in [-0.2, -0.15) is 0 Å². The van der Waals surface area contributed by atoms with Crippen molar-refractivity contribution >= 4 is 11.9 Å². The fraction of sp³-hybridized carbons (Fsp3) is 0.391. The Morgan fingerprint density at radius 2 is 1.70 bits per heavy atom. The van der Waals surface area contributed by atoms with Gasteiger partial charge in [0, 0.05) is 17.9 Å². The molecule has 0 heterocycles. The van der Waals surface area contributed by atoms with Gasteiger partial charge in [-0.1, -0.05) is 75.4 Å². The highest BCUT2D eigenvalue weighted by atomic mass is 16.6. The average molecular weight is 365 g/mol. The SMILES string of the molecule is CC(C)(C)C1CCC1(OC(N)=O)c1ccc(C(=O)Cc2ccccc2)cc1. The summed E-state index contributed by atoms with van der Waals surface area (Å²) in [7, 11) is 0. The highest BCUT2D eigenvalue weighted by Gasteiger charge is 2.55. The number of ketones is 1. The summed E-state index contributed by atoms with van der Waals surface area (Å²) in [5, 5.41) is 0. The summed E-state index contributed by atoms with van der Waals surface area (Å²) < 4.78 is 5.65. The van der Waals surface area contributed by atoms with Crippen LogP contribution in [0.4, 0.5) is 4.79 Å². The van der Waals surface area contributed by atoms with Gasteiger partial charge in [0.15, 0.2) is 5.78 Å². The van der Waals surface area contributed by atoms with Crippen molar-refractivity contribution < 1.29 is 14.3 Å². The number of benzene rings is 2. The van der Waals surface area contributed by atoms with Gasteiger partial charge in [0.1, 0.15) is 5.60 Å². The first kappa shape index (κ1) is 19.2. The molecule has 2 atom stereocenters. The van der Waals surface area contributed by atoms with Crippen LogP contribution in [0.3, 0.4) is 0 Å². The topological polar surface area (TPSA) is 69.4 Å². The van der Waals surface area contributed by atoms with E-state index in [1.165, 1.54) is 0 Å². The van der Waals surface area contributed by atoms with Gasteiger partial charge in [-0.25, -0.2) is 4.79 Å². The Bertz CT molecular complexity index is 821. The molecular weight excluding hydrogens is 338 g/mol. The number of carbonyl (C=O) groups excluding carboxylic acids is 2. The van der Waals surface area contributed by atoms with Crippen molar-refractivity contribution in [1.29, 1.82) is 0 Å². The molecule has 2 aromatic rings. The number of ether oxygens (including phenoxy) is 1. The maximum atomic E-state index is 12.6.